The molecule has 104 valence electrons. The van der Waals surface area contributed by atoms with Crippen LogP contribution in [0.4, 0.5) is 5.82 Å². The fourth-order valence-corrected chi connectivity index (χ4v) is 2.33. The molecule has 3 aromatic heterocycles. The van der Waals surface area contributed by atoms with Crippen LogP contribution in [0.3, 0.4) is 0 Å². The first-order chi connectivity index (χ1) is 9.79. The van der Waals surface area contributed by atoms with Crippen molar-refractivity contribution in [2.24, 2.45) is 5.73 Å². The number of nitrogens with two attached hydrogens (primary N) is 1. The van der Waals surface area contributed by atoms with Gasteiger partial charge in [-0.05, 0) is 50.1 Å². The second-order valence-corrected chi connectivity index (χ2v) is 4.96. The summed E-state index contributed by atoms with van der Waals surface area (Å²) in [5.74, 6) is 0.887. The predicted molar refractivity (Wildman–Crippen MR) is 82.0 cm³/mol. The maximum absolute atomic E-state index is 5.49. The van der Waals surface area contributed by atoms with E-state index in [1.165, 1.54) is 0 Å². The number of aryl methyl sites for hydroxylation is 1. The first kappa shape index (κ1) is 12.9. The number of unbranched alkanes of at least 4 members (excludes halogenated alkanes) is 1. The largest absolute Gasteiger partial charge is 0.370 e. The van der Waals surface area contributed by atoms with Gasteiger partial charge in [-0.2, -0.15) is 0 Å². The lowest BCUT2D eigenvalue weighted by Gasteiger charge is -2.04. The quantitative estimate of drug-likeness (QED) is 0.698. The Hall–Kier alpha value is -2.14. The third-order valence-corrected chi connectivity index (χ3v) is 3.41. The third-order valence-electron chi connectivity index (χ3n) is 3.41. The Kier molecular flexibility index (Phi) is 3.52. The van der Waals surface area contributed by atoms with Crippen molar-refractivity contribution in [1.29, 1.82) is 0 Å². The molecular weight excluding hydrogens is 250 g/mol. The van der Waals surface area contributed by atoms with Crippen molar-refractivity contribution in [2.75, 3.05) is 18.4 Å². The smallest absolute Gasteiger partial charge is 0.166 e. The highest BCUT2D eigenvalue weighted by Crippen LogP contribution is 2.19. The summed E-state index contributed by atoms with van der Waals surface area (Å²) in [5.41, 5.74) is 9.43. The summed E-state index contributed by atoms with van der Waals surface area (Å²) >= 11 is 0. The van der Waals surface area contributed by atoms with E-state index in [1.54, 1.807) is 0 Å². The summed E-state index contributed by atoms with van der Waals surface area (Å²) in [5, 5.41) is 3.33. The van der Waals surface area contributed by atoms with E-state index in [0.717, 1.165) is 54.1 Å². The van der Waals surface area contributed by atoms with Crippen LogP contribution < -0.4 is 11.1 Å². The second kappa shape index (κ2) is 5.46. The van der Waals surface area contributed by atoms with Gasteiger partial charge in [0.2, 0.25) is 0 Å². The van der Waals surface area contributed by atoms with Crippen LogP contribution in [-0.4, -0.2) is 27.5 Å². The Morgan fingerprint density at radius 1 is 1.15 bits per heavy atom. The number of rotatable bonds is 5. The molecule has 3 rings (SSSR count). The van der Waals surface area contributed by atoms with Gasteiger partial charge in [0.25, 0.3) is 0 Å². The summed E-state index contributed by atoms with van der Waals surface area (Å²) in [6.45, 7) is 3.69. The Balaban J connectivity index is 1.93. The van der Waals surface area contributed by atoms with E-state index in [-0.39, 0.29) is 0 Å². The zero-order chi connectivity index (χ0) is 13.9. The second-order valence-electron chi connectivity index (χ2n) is 4.96. The molecular formula is C15H19N5. The molecule has 0 fully saturated rings. The molecule has 0 aliphatic heterocycles. The van der Waals surface area contributed by atoms with E-state index < -0.39 is 0 Å². The van der Waals surface area contributed by atoms with Crippen molar-refractivity contribution < 1.29 is 0 Å². The SMILES string of the molecule is Cc1cccn2c1nc1ccc(NCCCCN)nc12. The molecule has 3 heterocycles. The number of pyridine rings is 2. The fourth-order valence-electron chi connectivity index (χ4n) is 2.33. The molecule has 3 aromatic rings. The molecule has 0 unspecified atom stereocenters. The molecule has 0 saturated heterocycles. The van der Waals surface area contributed by atoms with Gasteiger partial charge in [0.1, 0.15) is 17.0 Å². The fraction of sp³-hybridized carbons (Fsp3) is 0.333. The Bertz CT molecular complexity index is 732. The zero-order valence-electron chi connectivity index (χ0n) is 11.6. The highest BCUT2D eigenvalue weighted by molar-refractivity contribution is 5.79. The lowest BCUT2D eigenvalue weighted by atomic mass is 10.3. The van der Waals surface area contributed by atoms with Crippen LogP contribution in [-0.2, 0) is 0 Å². The predicted octanol–water partition coefficient (Wildman–Crippen LogP) is 2.34. The van der Waals surface area contributed by atoms with Gasteiger partial charge in [-0.15, -0.1) is 0 Å². The molecule has 0 aromatic carbocycles. The van der Waals surface area contributed by atoms with E-state index in [2.05, 4.69) is 28.3 Å². The zero-order valence-corrected chi connectivity index (χ0v) is 11.6. The molecule has 0 spiro atoms. The van der Waals surface area contributed by atoms with E-state index in [4.69, 9.17) is 5.73 Å². The van der Waals surface area contributed by atoms with Gasteiger partial charge < -0.3 is 11.1 Å². The topological polar surface area (TPSA) is 68.2 Å². The number of fused-ring (bicyclic) bond motifs is 3. The minimum absolute atomic E-state index is 0.737. The number of nitrogens with zero attached hydrogens (tertiary/aromatic N) is 3. The number of anilines is 1. The number of nitrogens with one attached hydrogen (secondary N) is 1. The first-order valence-corrected chi connectivity index (χ1v) is 6.98. The van der Waals surface area contributed by atoms with Crippen molar-refractivity contribution in [3.05, 3.63) is 36.0 Å². The average molecular weight is 269 g/mol. The molecule has 0 aliphatic carbocycles. The number of hydrogen-bond acceptors (Lipinski definition) is 4. The molecule has 3 N–H and O–H groups in total. The Morgan fingerprint density at radius 2 is 2.05 bits per heavy atom. The van der Waals surface area contributed by atoms with Crippen LogP contribution >= 0.6 is 0 Å². The first-order valence-electron chi connectivity index (χ1n) is 6.98. The summed E-state index contributed by atoms with van der Waals surface area (Å²) in [7, 11) is 0. The normalized spacial score (nSPS) is 11.3. The van der Waals surface area contributed by atoms with E-state index in [0.29, 0.717) is 0 Å². The van der Waals surface area contributed by atoms with Gasteiger partial charge in [0, 0.05) is 12.7 Å². The molecule has 20 heavy (non-hydrogen) atoms. The maximum Gasteiger partial charge on any atom is 0.166 e. The lowest BCUT2D eigenvalue weighted by molar-refractivity contribution is 0.772. The summed E-state index contributed by atoms with van der Waals surface area (Å²) < 4.78 is 2.04. The van der Waals surface area contributed by atoms with Gasteiger partial charge in [-0.25, -0.2) is 9.97 Å². The van der Waals surface area contributed by atoms with Crippen LogP contribution in [0.1, 0.15) is 18.4 Å². The average Bonchev–Trinajstić information content (AvgIpc) is 2.83. The van der Waals surface area contributed by atoms with Gasteiger partial charge in [0.05, 0.1) is 0 Å². The van der Waals surface area contributed by atoms with Crippen molar-refractivity contribution >= 4 is 22.6 Å². The maximum atomic E-state index is 5.49. The standard InChI is InChI=1S/C15H19N5/c1-11-5-4-10-20-14(11)18-12-6-7-13(19-15(12)20)17-9-3-2-8-16/h4-7,10H,2-3,8-9,16H2,1H3,(H,17,19). The van der Waals surface area contributed by atoms with Crippen LogP contribution in [0, 0.1) is 6.92 Å². The molecule has 0 atom stereocenters. The van der Waals surface area contributed by atoms with Gasteiger partial charge >= 0.3 is 0 Å². The molecule has 0 aliphatic rings. The van der Waals surface area contributed by atoms with Gasteiger partial charge in [-0.1, -0.05) is 6.07 Å². The van der Waals surface area contributed by atoms with Crippen LogP contribution in [0.5, 0.6) is 0 Å². The lowest BCUT2D eigenvalue weighted by Crippen LogP contribution is -2.06. The minimum atomic E-state index is 0.737. The molecule has 0 amide bonds. The van der Waals surface area contributed by atoms with Crippen LogP contribution in [0.2, 0.25) is 0 Å². The van der Waals surface area contributed by atoms with Crippen molar-refractivity contribution in [3.8, 4) is 0 Å². The van der Waals surface area contributed by atoms with Gasteiger partial charge in [0.15, 0.2) is 5.65 Å². The van der Waals surface area contributed by atoms with Crippen LogP contribution in [0.15, 0.2) is 30.5 Å². The highest BCUT2D eigenvalue weighted by atomic mass is 15.1. The number of hydrogen-bond donors (Lipinski definition) is 2. The summed E-state index contributed by atoms with van der Waals surface area (Å²) in [6, 6.07) is 8.08. The Morgan fingerprint density at radius 3 is 2.90 bits per heavy atom. The third kappa shape index (κ3) is 2.32. The van der Waals surface area contributed by atoms with E-state index in [9.17, 15) is 0 Å². The molecule has 0 radical (unpaired) electrons. The van der Waals surface area contributed by atoms with Crippen molar-refractivity contribution in [2.45, 2.75) is 19.8 Å². The molecule has 5 nitrogen and oxygen atoms in total. The minimum Gasteiger partial charge on any atom is -0.370 e. The van der Waals surface area contributed by atoms with Crippen molar-refractivity contribution in [1.82, 2.24) is 14.4 Å². The van der Waals surface area contributed by atoms with E-state index in [1.807, 2.05) is 28.8 Å². The highest BCUT2D eigenvalue weighted by Gasteiger charge is 2.07. The number of imidazole rings is 1. The summed E-state index contributed by atoms with van der Waals surface area (Å²) in [6.07, 6.45) is 4.09. The van der Waals surface area contributed by atoms with Gasteiger partial charge in [-0.3, -0.25) is 4.40 Å². The molecule has 5 heteroatoms. The van der Waals surface area contributed by atoms with E-state index >= 15 is 0 Å². The monoisotopic (exact) mass is 269 g/mol. The number of aromatic nitrogens is 3. The molecule has 0 saturated carbocycles. The summed E-state index contributed by atoms with van der Waals surface area (Å²) in [4.78, 5) is 9.28. The van der Waals surface area contributed by atoms with Crippen LogP contribution in [0.25, 0.3) is 16.8 Å². The molecule has 0 bridgehead atoms. The van der Waals surface area contributed by atoms with Crippen molar-refractivity contribution in [3.63, 3.8) is 0 Å². The Labute approximate surface area is 117 Å².